The van der Waals surface area contributed by atoms with Crippen molar-refractivity contribution in [1.29, 1.82) is 0 Å². The molecule has 0 aromatic heterocycles. The van der Waals surface area contributed by atoms with Gasteiger partial charge in [0.05, 0.1) is 24.8 Å². The summed E-state index contributed by atoms with van der Waals surface area (Å²) in [5.41, 5.74) is 0.808. The van der Waals surface area contributed by atoms with Gasteiger partial charge >= 0.3 is 0 Å². The molecule has 4 rings (SSSR count). The fourth-order valence-corrected chi connectivity index (χ4v) is 6.54. The molecule has 0 heterocycles. The summed E-state index contributed by atoms with van der Waals surface area (Å²) in [7, 11) is -1.28. The van der Waals surface area contributed by atoms with Crippen LogP contribution in [0.1, 0.15) is 44.6 Å². The Hall–Kier alpha value is -4.12. The van der Waals surface area contributed by atoms with Gasteiger partial charge in [-0.1, -0.05) is 31.4 Å². The molecular weight excluding hydrogens is 573 g/mol. The Balaban J connectivity index is 1.68. The average molecular weight is 612 g/mol. The normalized spacial score (nSPS) is 14.4. The van der Waals surface area contributed by atoms with Crippen molar-refractivity contribution in [3.05, 3.63) is 84.2 Å². The minimum atomic E-state index is -4.29. The molecule has 3 aromatic carbocycles. The van der Waals surface area contributed by atoms with Crippen LogP contribution in [0.3, 0.4) is 0 Å². The van der Waals surface area contributed by atoms with Crippen molar-refractivity contribution in [3.8, 4) is 11.5 Å². The second-order valence-corrected chi connectivity index (χ2v) is 12.4. The molecular formula is C32H38FN3O6S. The van der Waals surface area contributed by atoms with E-state index in [0.717, 1.165) is 48.5 Å². The molecule has 0 bridgehead atoms. The van der Waals surface area contributed by atoms with Crippen LogP contribution < -0.4 is 19.1 Å². The van der Waals surface area contributed by atoms with Crippen LogP contribution >= 0.6 is 0 Å². The summed E-state index contributed by atoms with van der Waals surface area (Å²) >= 11 is 0. The molecule has 1 atom stereocenters. The Morgan fingerprint density at radius 3 is 2.21 bits per heavy atom. The number of hydrogen-bond acceptors (Lipinski definition) is 6. The summed E-state index contributed by atoms with van der Waals surface area (Å²) in [5.74, 6) is -0.417. The Labute approximate surface area is 252 Å². The van der Waals surface area contributed by atoms with Gasteiger partial charge < -0.3 is 19.7 Å². The first-order valence-electron chi connectivity index (χ1n) is 14.3. The molecule has 0 saturated heterocycles. The van der Waals surface area contributed by atoms with Crippen LogP contribution in [-0.4, -0.2) is 58.0 Å². The predicted molar refractivity (Wildman–Crippen MR) is 162 cm³/mol. The molecule has 0 spiro atoms. The first-order valence-corrected chi connectivity index (χ1v) is 15.7. The quantitative estimate of drug-likeness (QED) is 0.312. The molecule has 0 radical (unpaired) electrons. The lowest BCUT2D eigenvalue weighted by Gasteiger charge is -2.33. The first-order chi connectivity index (χ1) is 20.6. The third-order valence-corrected chi connectivity index (χ3v) is 9.43. The van der Waals surface area contributed by atoms with Crippen molar-refractivity contribution in [2.75, 3.05) is 25.1 Å². The van der Waals surface area contributed by atoms with Gasteiger partial charge in [0.1, 0.15) is 29.9 Å². The number of sulfonamides is 1. The van der Waals surface area contributed by atoms with Crippen molar-refractivity contribution < 1.29 is 31.9 Å². The monoisotopic (exact) mass is 611 g/mol. The van der Waals surface area contributed by atoms with Crippen LogP contribution in [0.25, 0.3) is 0 Å². The van der Waals surface area contributed by atoms with Gasteiger partial charge in [-0.2, -0.15) is 0 Å². The molecule has 1 aliphatic rings. The smallest absolute Gasteiger partial charge is 0.264 e. The SMILES string of the molecule is COc1ccc(S(=O)(=O)N(CC(=O)N(Cc2cccc(OC)c2)[C@H](C)C(=O)NC2CCCCC2)c2ccc(F)cc2)cc1. The van der Waals surface area contributed by atoms with E-state index in [-0.39, 0.29) is 29.1 Å². The molecule has 11 heteroatoms. The number of rotatable bonds is 12. The summed E-state index contributed by atoms with van der Waals surface area (Å²) in [6.07, 6.45) is 4.94. The van der Waals surface area contributed by atoms with Crippen LogP contribution in [-0.2, 0) is 26.2 Å². The Morgan fingerprint density at radius 1 is 0.930 bits per heavy atom. The number of benzene rings is 3. The van der Waals surface area contributed by atoms with E-state index in [1.54, 1.807) is 31.2 Å². The minimum Gasteiger partial charge on any atom is -0.497 e. The summed E-state index contributed by atoms with van der Waals surface area (Å²) in [5, 5.41) is 3.08. The van der Waals surface area contributed by atoms with E-state index in [2.05, 4.69) is 5.32 Å². The summed E-state index contributed by atoms with van der Waals surface area (Å²) in [6, 6.07) is 16.9. The first kappa shape index (κ1) is 31.8. The van der Waals surface area contributed by atoms with Crippen LogP contribution in [0.15, 0.2) is 77.7 Å². The molecule has 9 nitrogen and oxygen atoms in total. The second-order valence-electron chi connectivity index (χ2n) is 10.6. The van der Waals surface area contributed by atoms with E-state index in [9.17, 15) is 22.4 Å². The zero-order valence-electron chi connectivity index (χ0n) is 24.7. The highest BCUT2D eigenvalue weighted by atomic mass is 32.2. The minimum absolute atomic E-state index is 0.0311. The molecule has 3 aromatic rings. The Kier molecular flexibility index (Phi) is 10.6. The molecule has 0 unspecified atom stereocenters. The highest BCUT2D eigenvalue weighted by Crippen LogP contribution is 2.27. The van der Waals surface area contributed by atoms with E-state index in [1.807, 2.05) is 0 Å². The third-order valence-electron chi connectivity index (χ3n) is 7.65. The van der Waals surface area contributed by atoms with Crippen molar-refractivity contribution in [3.63, 3.8) is 0 Å². The van der Waals surface area contributed by atoms with Crippen molar-refractivity contribution >= 4 is 27.5 Å². The van der Waals surface area contributed by atoms with Gasteiger partial charge in [-0.25, -0.2) is 12.8 Å². The third kappa shape index (κ3) is 8.04. The van der Waals surface area contributed by atoms with E-state index >= 15 is 0 Å². The van der Waals surface area contributed by atoms with Crippen molar-refractivity contribution in [2.45, 2.75) is 62.6 Å². The topological polar surface area (TPSA) is 105 Å². The number of carbonyl (C=O) groups excluding carboxylic acids is 2. The van der Waals surface area contributed by atoms with Gasteiger partial charge in [0, 0.05) is 12.6 Å². The van der Waals surface area contributed by atoms with E-state index < -0.39 is 34.3 Å². The van der Waals surface area contributed by atoms with E-state index in [0.29, 0.717) is 17.1 Å². The lowest BCUT2D eigenvalue weighted by Crippen LogP contribution is -2.53. The maximum Gasteiger partial charge on any atom is 0.264 e. The number of ether oxygens (including phenoxy) is 2. The lowest BCUT2D eigenvalue weighted by atomic mass is 9.95. The van der Waals surface area contributed by atoms with Crippen LogP contribution in [0, 0.1) is 5.82 Å². The summed E-state index contributed by atoms with van der Waals surface area (Å²) in [6.45, 7) is 1.05. The molecule has 0 aliphatic heterocycles. The van der Waals surface area contributed by atoms with Crippen molar-refractivity contribution in [2.24, 2.45) is 0 Å². The van der Waals surface area contributed by atoms with Crippen LogP contribution in [0.4, 0.5) is 10.1 Å². The fourth-order valence-electron chi connectivity index (χ4n) is 5.13. The lowest BCUT2D eigenvalue weighted by molar-refractivity contribution is -0.139. The number of nitrogens with one attached hydrogen (secondary N) is 1. The van der Waals surface area contributed by atoms with E-state index in [1.165, 1.54) is 55.5 Å². The Bertz CT molecular complexity index is 1490. The van der Waals surface area contributed by atoms with Crippen molar-refractivity contribution in [1.82, 2.24) is 10.2 Å². The van der Waals surface area contributed by atoms with Gasteiger partial charge in [-0.15, -0.1) is 0 Å². The summed E-state index contributed by atoms with van der Waals surface area (Å²) < 4.78 is 53.1. The molecule has 2 amide bonds. The highest BCUT2D eigenvalue weighted by molar-refractivity contribution is 7.92. The fraction of sp³-hybridized carbons (Fsp3) is 0.375. The largest absolute Gasteiger partial charge is 0.497 e. The number of methoxy groups -OCH3 is 2. The molecule has 230 valence electrons. The van der Waals surface area contributed by atoms with Gasteiger partial charge in [0.2, 0.25) is 11.8 Å². The second kappa shape index (κ2) is 14.4. The molecule has 43 heavy (non-hydrogen) atoms. The molecule has 1 fully saturated rings. The number of anilines is 1. The standard InChI is InChI=1S/C32H38FN3O6S/c1-23(32(38)34-26-9-5-4-6-10-26)35(21-24-8-7-11-29(20-24)42-3)31(37)22-36(27-14-12-25(33)13-15-27)43(39,40)30-18-16-28(41-2)17-19-30/h7-8,11-20,23,26H,4-6,9-10,21-22H2,1-3H3,(H,34,38)/t23-/m1/s1. The number of carbonyl (C=O) groups is 2. The Morgan fingerprint density at radius 2 is 1.58 bits per heavy atom. The van der Waals surface area contributed by atoms with Gasteiger partial charge in [0.25, 0.3) is 10.0 Å². The van der Waals surface area contributed by atoms with Gasteiger partial charge in [-0.3, -0.25) is 13.9 Å². The zero-order chi connectivity index (χ0) is 31.0. The maximum atomic E-state index is 14.1. The highest BCUT2D eigenvalue weighted by Gasteiger charge is 2.33. The predicted octanol–water partition coefficient (Wildman–Crippen LogP) is 4.90. The van der Waals surface area contributed by atoms with Gasteiger partial charge in [-0.05, 0) is 86.0 Å². The van der Waals surface area contributed by atoms with Gasteiger partial charge in [0.15, 0.2) is 0 Å². The number of hydrogen-bond donors (Lipinski definition) is 1. The van der Waals surface area contributed by atoms with Crippen LogP contribution in [0.2, 0.25) is 0 Å². The average Bonchev–Trinajstić information content (AvgIpc) is 3.03. The van der Waals surface area contributed by atoms with Crippen LogP contribution in [0.5, 0.6) is 11.5 Å². The maximum absolute atomic E-state index is 14.1. The molecule has 1 aliphatic carbocycles. The number of halogens is 1. The number of amides is 2. The van der Waals surface area contributed by atoms with E-state index in [4.69, 9.17) is 9.47 Å². The summed E-state index contributed by atoms with van der Waals surface area (Å²) in [4.78, 5) is 28.8. The zero-order valence-corrected chi connectivity index (χ0v) is 25.5. The number of nitrogens with zero attached hydrogens (tertiary/aromatic N) is 2. The molecule has 1 saturated carbocycles. The molecule has 1 N–H and O–H groups in total.